The molecule has 5 rings (SSSR count). The number of hydrogen-bond acceptors (Lipinski definition) is 7. The fourth-order valence-electron chi connectivity index (χ4n) is 3.75. The maximum absolute atomic E-state index is 14.6. The molecule has 0 atom stereocenters. The molecule has 2 aromatic carbocycles. The summed E-state index contributed by atoms with van der Waals surface area (Å²) >= 11 is 0. The van der Waals surface area contributed by atoms with Crippen molar-refractivity contribution < 1.29 is 35.8 Å². The molecule has 194 valence electrons. The summed E-state index contributed by atoms with van der Waals surface area (Å²) in [5, 5.41) is 13.1. The number of H-pyrrole nitrogens is 2. The Bertz CT molecular complexity index is 1740. The number of ether oxygens (including phenoxy) is 2. The molecule has 0 radical (unpaired) electrons. The molecule has 0 spiro atoms. The first-order chi connectivity index (χ1) is 18.1. The zero-order valence-corrected chi connectivity index (χ0v) is 18.8. The van der Waals surface area contributed by atoms with Crippen LogP contribution in [0.5, 0.6) is 17.2 Å². The minimum absolute atomic E-state index is 0.0342. The summed E-state index contributed by atoms with van der Waals surface area (Å²) in [5.74, 6) is -6.21. The van der Waals surface area contributed by atoms with Gasteiger partial charge in [-0.15, -0.1) is 5.10 Å². The highest BCUT2D eigenvalue weighted by atomic mass is 19.4. The van der Waals surface area contributed by atoms with Gasteiger partial charge in [-0.25, -0.2) is 13.9 Å². The second-order valence-electron chi connectivity index (χ2n) is 7.70. The molecule has 0 bridgehead atoms. The molecule has 3 heterocycles. The highest BCUT2D eigenvalue weighted by Crippen LogP contribution is 2.43. The Hall–Kier alpha value is -4.95. The first-order valence-corrected chi connectivity index (χ1v) is 10.5. The van der Waals surface area contributed by atoms with E-state index in [4.69, 9.17) is 9.47 Å². The molecule has 0 saturated heterocycles. The third-order valence-electron chi connectivity index (χ3n) is 5.41. The number of halogens is 6. The van der Waals surface area contributed by atoms with Crippen LogP contribution in [-0.4, -0.2) is 37.7 Å². The molecule has 3 aromatic heterocycles. The van der Waals surface area contributed by atoms with Crippen molar-refractivity contribution in [3.05, 3.63) is 75.8 Å². The van der Waals surface area contributed by atoms with Gasteiger partial charge in [0.15, 0.2) is 22.8 Å². The standard InChI is InChI=1S/C23H12F6N6O3/c1-37-21-16(3-2-11(24)19(21)26)38-17-7-10(23(27,28)29)12(25)6-9(17)14-8-15(36)18-13(31-14)4-5-30-20(18)22-32-34-35-33-22/h2-8H,1H3,(H,31,36)(H,32,33,34,35). The van der Waals surface area contributed by atoms with Gasteiger partial charge in [0.1, 0.15) is 17.3 Å². The molecule has 0 unspecified atom stereocenters. The number of methoxy groups -OCH3 is 1. The zero-order valence-electron chi connectivity index (χ0n) is 18.8. The summed E-state index contributed by atoms with van der Waals surface area (Å²) in [4.78, 5) is 20.0. The fourth-order valence-corrected chi connectivity index (χ4v) is 3.75. The lowest BCUT2D eigenvalue weighted by Gasteiger charge is -2.17. The largest absolute Gasteiger partial charge is 0.490 e. The van der Waals surface area contributed by atoms with Gasteiger partial charge in [0, 0.05) is 17.8 Å². The van der Waals surface area contributed by atoms with E-state index in [0.29, 0.717) is 18.2 Å². The van der Waals surface area contributed by atoms with Crippen LogP contribution >= 0.6 is 0 Å². The summed E-state index contributed by atoms with van der Waals surface area (Å²) in [6, 6.07) is 4.81. The van der Waals surface area contributed by atoms with E-state index in [1.54, 1.807) is 0 Å². The van der Waals surface area contributed by atoms with Gasteiger partial charge < -0.3 is 14.5 Å². The third kappa shape index (κ3) is 4.27. The SMILES string of the molecule is COc1c(Oc2cc(C(F)(F)F)c(F)cc2-c2cc(=O)c3c(-c4nnn[nH]4)nccc3[nH]2)ccc(F)c1F. The van der Waals surface area contributed by atoms with Gasteiger partial charge in [0.25, 0.3) is 0 Å². The minimum atomic E-state index is -5.12. The minimum Gasteiger partial charge on any atom is -0.490 e. The van der Waals surface area contributed by atoms with E-state index in [1.165, 1.54) is 12.3 Å². The lowest BCUT2D eigenvalue weighted by atomic mass is 10.0. The third-order valence-corrected chi connectivity index (χ3v) is 5.41. The van der Waals surface area contributed by atoms with E-state index in [9.17, 15) is 31.1 Å². The van der Waals surface area contributed by atoms with Crippen LogP contribution in [0.2, 0.25) is 0 Å². The molecule has 0 amide bonds. The lowest BCUT2D eigenvalue weighted by Crippen LogP contribution is -2.10. The number of benzene rings is 2. The molecule has 0 saturated carbocycles. The van der Waals surface area contributed by atoms with Crippen molar-refractivity contribution in [3.8, 4) is 40.0 Å². The Labute approximate surface area is 207 Å². The van der Waals surface area contributed by atoms with Crippen LogP contribution in [0.1, 0.15) is 5.56 Å². The summed E-state index contributed by atoms with van der Waals surface area (Å²) in [7, 11) is 0.994. The quantitative estimate of drug-likeness (QED) is 0.305. The van der Waals surface area contributed by atoms with E-state index in [2.05, 4.69) is 30.6 Å². The van der Waals surface area contributed by atoms with Crippen LogP contribution in [0.4, 0.5) is 26.3 Å². The fraction of sp³-hybridized carbons (Fsp3) is 0.0870. The number of pyridine rings is 2. The number of hydrogen-bond donors (Lipinski definition) is 2. The van der Waals surface area contributed by atoms with Crippen LogP contribution < -0.4 is 14.9 Å². The van der Waals surface area contributed by atoms with Crippen molar-refractivity contribution in [3.63, 3.8) is 0 Å². The Balaban J connectivity index is 1.73. The molecule has 9 nitrogen and oxygen atoms in total. The van der Waals surface area contributed by atoms with Crippen LogP contribution in [0.3, 0.4) is 0 Å². The number of fused-ring (bicyclic) bond motifs is 1. The number of nitrogens with one attached hydrogen (secondary N) is 2. The van der Waals surface area contributed by atoms with Crippen molar-refractivity contribution in [2.75, 3.05) is 7.11 Å². The second-order valence-corrected chi connectivity index (χ2v) is 7.70. The van der Waals surface area contributed by atoms with Gasteiger partial charge in [-0.3, -0.25) is 9.78 Å². The molecule has 0 aliphatic rings. The van der Waals surface area contributed by atoms with E-state index in [-0.39, 0.29) is 33.7 Å². The maximum Gasteiger partial charge on any atom is 0.419 e. The van der Waals surface area contributed by atoms with Crippen LogP contribution in [0, 0.1) is 17.5 Å². The number of alkyl halides is 3. The summed E-state index contributed by atoms with van der Waals surface area (Å²) < 4.78 is 93.3. The molecule has 0 aliphatic carbocycles. The first-order valence-electron chi connectivity index (χ1n) is 10.5. The van der Waals surface area contributed by atoms with Crippen LogP contribution in [-0.2, 0) is 6.18 Å². The summed E-state index contributed by atoms with van der Waals surface area (Å²) in [5.41, 5.74) is -2.59. The van der Waals surface area contributed by atoms with Gasteiger partial charge in [-0.05, 0) is 40.8 Å². The molecule has 2 N–H and O–H groups in total. The average Bonchev–Trinajstić information content (AvgIpc) is 3.41. The second kappa shape index (κ2) is 9.17. The Morgan fingerprint density at radius 2 is 1.76 bits per heavy atom. The molecular weight excluding hydrogens is 522 g/mol. The Morgan fingerprint density at radius 1 is 0.974 bits per heavy atom. The van der Waals surface area contributed by atoms with Crippen LogP contribution in [0.15, 0.2) is 47.4 Å². The highest BCUT2D eigenvalue weighted by molar-refractivity contribution is 5.91. The number of nitrogens with zero attached hydrogens (tertiary/aromatic N) is 4. The summed E-state index contributed by atoms with van der Waals surface area (Å²) in [6.45, 7) is 0. The molecule has 15 heteroatoms. The van der Waals surface area contributed by atoms with Crippen molar-refractivity contribution >= 4 is 10.9 Å². The Morgan fingerprint density at radius 3 is 2.45 bits per heavy atom. The molecular formula is C23H12F6N6O3. The lowest BCUT2D eigenvalue weighted by molar-refractivity contribution is -0.140. The van der Waals surface area contributed by atoms with Gasteiger partial charge in [-0.1, -0.05) is 0 Å². The molecule has 0 fully saturated rings. The van der Waals surface area contributed by atoms with Crippen LogP contribution in [0.25, 0.3) is 33.7 Å². The van der Waals surface area contributed by atoms with Crippen molar-refractivity contribution in [2.45, 2.75) is 6.18 Å². The van der Waals surface area contributed by atoms with Gasteiger partial charge in [0.2, 0.25) is 11.6 Å². The number of rotatable bonds is 5. The molecule has 0 aliphatic heterocycles. The number of aromatic amines is 2. The molecule has 5 aromatic rings. The normalized spacial score (nSPS) is 11.7. The van der Waals surface area contributed by atoms with Crippen molar-refractivity contribution in [1.29, 1.82) is 0 Å². The average molecular weight is 534 g/mol. The van der Waals surface area contributed by atoms with E-state index in [1.807, 2.05) is 0 Å². The van der Waals surface area contributed by atoms with E-state index in [0.717, 1.165) is 19.2 Å². The summed E-state index contributed by atoms with van der Waals surface area (Å²) in [6.07, 6.45) is -3.81. The number of tetrazole rings is 1. The maximum atomic E-state index is 14.6. The zero-order chi connectivity index (χ0) is 27.2. The Kier molecular flexibility index (Phi) is 5.97. The van der Waals surface area contributed by atoms with Crippen molar-refractivity contribution in [1.82, 2.24) is 30.6 Å². The van der Waals surface area contributed by atoms with E-state index < -0.39 is 51.9 Å². The van der Waals surface area contributed by atoms with Crippen molar-refractivity contribution in [2.24, 2.45) is 0 Å². The topological polar surface area (TPSA) is 119 Å². The number of aromatic nitrogens is 6. The van der Waals surface area contributed by atoms with Gasteiger partial charge in [0.05, 0.1) is 29.3 Å². The van der Waals surface area contributed by atoms with E-state index >= 15 is 0 Å². The predicted octanol–water partition coefficient (Wildman–Crippen LogP) is 5.01. The van der Waals surface area contributed by atoms with Gasteiger partial charge >= 0.3 is 6.18 Å². The smallest absolute Gasteiger partial charge is 0.419 e. The monoisotopic (exact) mass is 534 g/mol. The highest BCUT2D eigenvalue weighted by Gasteiger charge is 2.36. The van der Waals surface area contributed by atoms with Gasteiger partial charge in [-0.2, -0.15) is 17.6 Å². The first kappa shape index (κ1) is 24.7. The predicted molar refractivity (Wildman–Crippen MR) is 119 cm³/mol. The molecule has 38 heavy (non-hydrogen) atoms.